The summed E-state index contributed by atoms with van der Waals surface area (Å²) in [6, 6.07) is 9.77. The van der Waals surface area contributed by atoms with Crippen LogP contribution in [0, 0.1) is 19.7 Å². The molecule has 4 amide bonds. The number of hydrogen-bond acceptors (Lipinski definition) is 5. The Morgan fingerprint density at radius 3 is 2.25 bits per heavy atom. The highest BCUT2D eigenvalue weighted by molar-refractivity contribution is 7.89. The first-order chi connectivity index (χ1) is 17.0. The molecule has 36 heavy (non-hydrogen) atoms. The summed E-state index contributed by atoms with van der Waals surface area (Å²) >= 11 is 0. The van der Waals surface area contributed by atoms with Crippen molar-refractivity contribution >= 4 is 27.9 Å². The first-order valence-electron chi connectivity index (χ1n) is 11.7. The SMILES string of the molecule is CC[C@@]1(c2ccc(F)cc2)NC(=O)N(CC(=O)N2CCN(S(=O)(=O)c3ccc(C)cc3C)CC2)C1=O. The van der Waals surface area contributed by atoms with E-state index in [-0.39, 0.29) is 37.5 Å². The second-order valence-corrected chi connectivity index (χ2v) is 11.0. The fourth-order valence-electron chi connectivity index (χ4n) is 4.78. The summed E-state index contributed by atoms with van der Waals surface area (Å²) < 4.78 is 41.0. The fourth-order valence-corrected chi connectivity index (χ4v) is 6.41. The lowest BCUT2D eigenvalue weighted by Gasteiger charge is -2.34. The summed E-state index contributed by atoms with van der Waals surface area (Å²) in [7, 11) is -3.71. The van der Waals surface area contributed by atoms with Crippen LogP contribution in [0.4, 0.5) is 9.18 Å². The quantitative estimate of drug-likeness (QED) is 0.592. The van der Waals surface area contributed by atoms with E-state index < -0.39 is 45.8 Å². The molecule has 2 aliphatic rings. The van der Waals surface area contributed by atoms with Crippen LogP contribution in [-0.4, -0.2) is 73.1 Å². The standard InChI is InChI=1S/C25H29FN4O5S/c1-4-25(19-6-8-20(26)9-7-19)23(32)30(24(33)27-25)16-22(31)28-11-13-29(14-12-28)36(34,35)21-10-5-17(2)15-18(21)3/h5-10,15H,4,11-14,16H2,1-3H3,(H,27,33)/t25-/m0/s1. The lowest BCUT2D eigenvalue weighted by Crippen LogP contribution is -2.53. The molecule has 2 heterocycles. The Morgan fingerprint density at radius 2 is 1.67 bits per heavy atom. The minimum absolute atomic E-state index is 0.107. The highest BCUT2D eigenvalue weighted by Gasteiger charge is 2.52. The predicted molar refractivity (Wildman–Crippen MR) is 130 cm³/mol. The maximum absolute atomic E-state index is 13.4. The minimum Gasteiger partial charge on any atom is -0.338 e. The third kappa shape index (κ3) is 4.48. The van der Waals surface area contributed by atoms with Gasteiger partial charge >= 0.3 is 6.03 Å². The van der Waals surface area contributed by atoms with Gasteiger partial charge < -0.3 is 10.2 Å². The van der Waals surface area contributed by atoms with Crippen molar-refractivity contribution < 1.29 is 27.2 Å². The van der Waals surface area contributed by atoms with E-state index in [1.54, 1.807) is 26.0 Å². The Balaban J connectivity index is 1.42. The second-order valence-electron chi connectivity index (χ2n) is 9.14. The summed E-state index contributed by atoms with van der Waals surface area (Å²) in [5.74, 6) is -1.49. The van der Waals surface area contributed by atoms with E-state index in [2.05, 4.69) is 5.32 Å². The van der Waals surface area contributed by atoms with E-state index in [1.165, 1.54) is 33.5 Å². The van der Waals surface area contributed by atoms with E-state index >= 15 is 0 Å². The number of aryl methyl sites for hydroxylation is 2. The van der Waals surface area contributed by atoms with Crippen LogP contribution in [-0.2, 0) is 25.2 Å². The number of hydrogen-bond donors (Lipinski definition) is 1. The van der Waals surface area contributed by atoms with Crippen molar-refractivity contribution in [3.8, 4) is 0 Å². The van der Waals surface area contributed by atoms with Crippen LogP contribution in [0.25, 0.3) is 0 Å². The van der Waals surface area contributed by atoms with E-state index in [4.69, 9.17) is 0 Å². The number of carbonyl (C=O) groups excluding carboxylic acids is 3. The van der Waals surface area contributed by atoms with Crippen molar-refractivity contribution in [3.63, 3.8) is 0 Å². The van der Waals surface area contributed by atoms with Crippen LogP contribution in [0.3, 0.4) is 0 Å². The van der Waals surface area contributed by atoms with E-state index in [0.717, 1.165) is 10.5 Å². The normalized spacial score (nSPS) is 21.1. The first kappa shape index (κ1) is 25.8. The number of amides is 4. The Morgan fingerprint density at radius 1 is 1.03 bits per heavy atom. The average Bonchev–Trinajstić information content (AvgIpc) is 3.09. The monoisotopic (exact) mass is 516 g/mol. The molecule has 0 aromatic heterocycles. The smallest absolute Gasteiger partial charge is 0.325 e. The zero-order chi connectivity index (χ0) is 26.3. The highest BCUT2D eigenvalue weighted by Crippen LogP contribution is 2.32. The van der Waals surface area contributed by atoms with Crippen LogP contribution in [0.15, 0.2) is 47.4 Å². The molecular formula is C25H29FN4O5S. The van der Waals surface area contributed by atoms with Crippen molar-refractivity contribution in [1.29, 1.82) is 0 Å². The lowest BCUT2D eigenvalue weighted by atomic mass is 9.87. The average molecular weight is 517 g/mol. The number of sulfonamides is 1. The van der Waals surface area contributed by atoms with Gasteiger partial charge in [-0.15, -0.1) is 0 Å². The number of halogens is 1. The van der Waals surface area contributed by atoms with Gasteiger partial charge in [-0.05, 0) is 49.6 Å². The minimum atomic E-state index is -3.71. The molecule has 1 N–H and O–H groups in total. The van der Waals surface area contributed by atoms with Gasteiger partial charge in [-0.2, -0.15) is 4.31 Å². The molecule has 2 aliphatic heterocycles. The van der Waals surface area contributed by atoms with E-state index in [0.29, 0.717) is 11.1 Å². The summed E-state index contributed by atoms with van der Waals surface area (Å²) in [4.78, 5) is 41.5. The van der Waals surface area contributed by atoms with Crippen molar-refractivity contribution in [2.24, 2.45) is 0 Å². The van der Waals surface area contributed by atoms with Crippen LogP contribution in [0.5, 0.6) is 0 Å². The maximum Gasteiger partial charge on any atom is 0.325 e. The molecular weight excluding hydrogens is 487 g/mol. The summed E-state index contributed by atoms with van der Waals surface area (Å²) in [6.07, 6.45) is 0.225. The summed E-state index contributed by atoms with van der Waals surface area (Å²) in [5.41, 5.74) is 0.690. The fraction of sp³-hybridized carbons (Fsp3) is 0.400. The molecule has 0 unspecified atom stereocenters. The summed E-state index contributed by atoms with van der Waals surface area (Å²) in [5, 5.41) is 2.67. The molecule has 0 radical (unpaired) electrons. The van der Waals surface area contributed by atoms with Crippen LogP contribution >= 0.6 is 0 Å². The number of nitrogens with zero attached hydrogens (tertiary/aromatic N) is 3. The molecule has 0 aliphatic carbocycles. The lowest BCUT2D eigenvalue weighted by molar-refractivity contribution is -0.139. The number of urea groups is 1. The van der Waals surface area contributed by atoms with Crippen molar-refractivity contribution in [3.05, 3.63) is 65.0 Å². The Bertz CT molecular complexity index is 1310. The molecule has 2 aromatic carbocycles. The first-order valence-corrected chi connectivity index (χ1v) is 13.2. The third-order valence-electron chi connectivity index (χ3n) is 6.88. The topological polar surface area (TPSA) is 107 Å². The van der Waals surface area contributed by atoms with Gasteiger partial charge in [0.05, 0.1) is 4.90 Å². The number of imide groups is 1. The molecule has 2 saturated heterocycles. The highest BCUT2D eigenvalue weighted by atomic mass is 32.2. The van der Waals surface area contributed by atoms with Crippen LogP contribution in [0.2, 0.25) is 0 Å². The second kappa shape index (κ2) is 9.62. The maximum atomic E-state index is 13.4. The molecule has 4 rings (SSSR count). The molecule has 0 spiro atoms. The molecule has 192 valence electrons. The number of rotatable bonds is 6. The molecule has 2 aromatic rings. The predicted octanol–water partition coefficient (Wildman–Crippen LogP) is 2.13. The van der Waals surface area contributed by atoms with Gasteiger partial charge in [0, 0.05) is 26.2 Å². The molecule has 2 fully saturated rings. The van der Waals surface area contributed by atoms with Gasteiger partial charge in [0.2, 0.25) is 15.9 Å². The van der Waals surface area contributed by atoms with Gasteiger partial charge in [0.25, 0.3) is 5.91 Å². The number of carbonyl (C=O) groups is 3. The number of piperazine rings is 1. The third-order valence-corrected chi connectivity index (χ3v) is 8.93. The Hall–Kier alpha value is -3.31. The van der Waals surface area contributed by atoms with Crippen LogP contribution < -0.4 is 5.32 Å². The zero-order valence-corrected chi connectivity index (χ0v) is 21.3. The molecule has 0 bridgehead atoms. The molecule has 9 nitrogen and oxygen atoms in total. The van der Waals surface area contributed by atoms with E-state index in [1.807, 2.05) is 13.0 Å². The Labute approximate surface area is 209 Å². The largest absolute Gasteiger partial charge is 0.338 e. The van der Waals surface area contributed by atoms with Gasteiger partial charge in [-0.3, -0.25) is 14.5 Å². The molecule has 11 heteroatoms. The van der Waals surface area contributed by atoms with Gasteiger partial charge in [-0.1, -0.05) is 36.8 Å². The number of nitrogens with one attached hydrogen (secondary N) is 1. The van der Waals surface area contributed by atoms with Crippen molar-refractivity contribution in [2.45, 2.75) is 37.6 Å². The summed E-state index contributed by atoms with van der Waals surface area (Å²) in [6.45, 7) is 5.40. The zero-order valence-electron chi connectivity index (χ0n) is 20.5. The number of benzene rings is 2. The molecule has 1 atom stereocenters. The van der Waals surface area contributed by atoms with Gasteiger partial charge in [0.15, 0.2) is 0 Å². The van der Waals surface area contributed by atoms with Gasteiger partial charge in [-0.25, -0.2) is 17.6 Å². The van der Waals surface area contributed by atoms with Crippen molar-refractivity contribution in [1.82, 2.24) is 19.4 Å². The van der Waals surface area contributed by atoms with Crippen LogP contribution in [0.1, 0.15) is 30.0 Å². The Kier molecular flexibility index (Phi) is 6.89. The van der Waals surface area contributed by atoms with Crippen molar-refractivity contribution in [2.75, 3.05) is 32.7 Å². The van der Waals surface area contributed by atoms with E-state index in [9.17, 15) is 27.2 Å². The molecule has 0 saturated carbocycles. The van der Waals surface area contributed by atoms with Gasteiger partial charge in [0.1, 0.15) is 17.9 Å².